The maximum absolute atomic E-state index is 6.56. The van der Waals surface area contributed by atoms with Crippen molar-refractivity contribution in [2.45, 2.75) is 0 Å². The number of benzene rings is 17. The lowest BCUT2D eigenvalue weighted by molar-refractivity contribution is 0.476. The minimum absolute atomic E-state index is 0.808. The highest BCUT2D eigenvalue weighted by molar-refractivity contribution is 7.21. The highest BCUT2D eigenvalue weighted by Gasteiger charge is 2.42. The SMILES string of the molecule is c1ccc(-c2nc3cccc4c3n2-c2ccc(-c3ccc(-c5ccc6ccc7cccnc7c6n5)cc3)cc2O4)cc1.c1ccc(-c2nc3cccc4c3n2-c2ccc(-c3ccc(-c5nc6ccccc6s5)cc3)cc2O4)cc1.c1ccc(-c2nc3cccc4c3n2-c2ccc(-c3ccc([Si](c5ccccc5)(c5ccccc5)c5ccccc5)cc3)cc2O4)cc1. The molecule has 9 heterocycles. The van der Waals surface area contributed by atoms with E-state index in [9.17, 15) is 0 Å². The van der Waals surface area contributed by atoms with Gasteiger partial charge in [-0.25, -0.2) is 24.9 Å². The number of hydrogen-bond donors (Lipinski definition) is 0. The van der Waals surface area contributed by atoms with E-state index in [-0.39, 0.29) is 0 Å². The third-order valence-electron chi connectivity index (χ3n) is 24.3. The zero-order chi connectivity index (χ0) is 83.2. The van der Waals surface area contributed by atoms with Crippen LogP contribution in [0.1, 0.15) is 0 Å². The van der Waals surface area contributed by atoms with Gasteiger partial charge in [-0.05, 0) is 151 Å². The molecule has 126 heavy (non-hydrogen) atoms. The molecule has 0 N–H and O–H groups in total. The summed E-state index contributed by atoms with van der Waals surface area (Å²) in [5.41, 5.74) is 24.6. The molecule has 23 aromatic rings. The lowest BCUT2D eigenvalue weighted by Gasteiger charge is -2.34. The number of imidazole rings is 3. The average molecular weight is 1650 g/mol. The van der Waals surface area contributed by atoms with Gasteiger partial charge in [0.2, 0.25) is 0 Å². The summed E-state index contributed by atoms with van der Waals surface area (Å²) >= 11 is 1.72. The Morgan fingerprint density at radius 2 is 0.579 bits per heavy atom. The molecule has 0 atom stereocenters. The van der Waals surface area contributed by atoms with E-state index < -0.39 is 8.07 Å². The molecule has 3 aliphatic rings. The molecule has 14 heteroatoms. The van der Waals surface area contributed by atoms with Crippen molar-refractivity contribution in [1.29, 1.82) is 0 Å². The van der Waals surface area contributed by atoms with Crippen LogP contribution in [0.15, 0.2) is 431 Å². The molecule has 0 bridgehead atoms. The molecule has 0 unspecified atom stereocenters. The van der Waals surface area contributed by atoms with Gasteiger partial charge in [0.05, 0.1) is 60.6 Å². The summed E-state index contributed by atoms with van der Waals surface area (Å²) in [6, 6.07) is 149. The number of aromatic nitrogens is 9. The Kier molecular flexibility index (Phi) is 17.8. The van der Waals surface area contributed by atoms with E-state index in [1.54, 1.807) is 11.3 Å². The molecular formula is C112H71N9O3SSi. The van der Waals surface area contributed by atoms with Crippen molar-refractivity contribution in [2.75, 3.05) is 0 Å². The summed E-state index contributed by atoms with van der Waals surface area (Å²) in [6.07, 6.45) is 1.82. The molecule has 26 rings (SSSR count). The molecule has 0 radical (unpaired) electrons. The Labute approximate surface area is 729 Å². The Bertz CT molecular complexity index is 8020. The number of ether oxygens (including phenoxy) is 3. The minimum atomic E-state index is -2.58. The zero-order valence-electron chi connectivity index (χ0n) is 67.6. The van der Waals surface area contributed by atoms with Gasteiger partial charge >= 0.3 is 0 Å². The number of nitrogens with zero attached hydrogens (tertiary/aromatic N) is 9. The molecule has 17 aromatic carbocycles. The number of fused-ring (bicyclic) bond motifs is 10. The number of pyridine rings is 2. The van der Waals surface area contributed by atoms with E-state index in [0.717, 1.165) is 201 Å². The van der Waals surface area contributed by atoms with Gasteiger partial charge in [0.1, 0.15) is 39.0 Å². The first-order chi connectivity index (χ1) is 62.4. The van der Waals surface area contributed by atoms with Crippen LogP contribution >= 0.6 is 11.3 Å². The Hall–Kier alpha value is -16.5. The third kappa shape index (κ3) is 12.6. The molecule has 0 aliphatic carbocycles. The van der Waals surface area contributed by atoms with Crippen LogP contribution in [0, 0.1) is 0 Å². The van der Waals surface area contributed by atoms with Crippen LogP contribution in [0.5, 0.6) is 34.5 Å². The molecule has 0 spiro atoms. The van der Waals surface area contributed by atoms with Crippen LogP contribution in [0.25, 0.3) is 172 Å². The quantitative estimate of drug-likeness (QED) is 0.0669. The van der Waals surface area contributed by atoms with Gasteiger partial charge in [0, 0.05) is 44.8 Å². The Morgan fingerprint density at radius 3 is 1.01 bits per heavy atom. The Balaban J connectivity index is 0.000000106. The van der Waals surface area contributed by atoms with E-state index in [0.29, 0.717) is 0 Å². The maximum Gasteiger partial charge on any atom is 0.179 e. The predicted molar refractivity (Wildman–Crippen MR) is 514 cm³/mol. The van der Waals surface area contributed by atoms with Crippen LogP contribution in [-0.2, 0) is 0 Å². The summed E-state index contributed by atoms with van der Waals surface area (Å²) in [7, 11) is -2.58. The average Bonchev–Trinajstić information content (AvgIpc) is 1.66. The van der Waals surface area contributed by atoms with E-state index >= 15 is 0 Å². The van der Waals surface area contributed by atoms with E-state index in [2.05, 4.69) is 340 Å². The van der Waals surface area contributed by atoms with Crippen molar-refractivity contribution >= 4 is 105 Å². The summed E-state index contributed by atoms with van der Waals surface area (Å²) < 4.78 is 27.3. The number of para-hydroxylation sites is 4. The van der Waals surface area contributed by atoms with Gasteiger partial charge in [-0.1, -0.05) is 328 Å². The first-order valence-corrected chi connectivity index (χ1v) is 44.9. The second kappa shape index (κ2) is 30.6. The van der Waals surface area contributed by atoms with Crippen LogP contribution in [0.2, 0.25) is 0 Å². The first-order valence-electron chi connectivity index (χ1n) is 42.1. The highest BCUT2D eigenvalue weighted by Crippen LogP contribution is 2.49. The molecule has 6 aromatic heterocycles. The predicted octanol–water partition coefficient (Wildman–Crippen LogP) is 25.8. The summed E-state index contributed by atoms with van der Waals surface area (Å²) in [5.74, 6) is 7.65. The maximum atomic E-state index is 6.56. The number of rotatable bonds is 12. The van der Waals surface area contributed by atoms with Crippen molar-refractivity contribution in [1.82, 2.24) is 43.6 Å². The van der Waals surface area contributed by atoms with Crippen molar-refractivity contribution in [3.63, 3.8) is 0 Å². The van der Waals surface area contributed by atoms with Crippen LogP contribution < -0.4 is 35.0 Å². The summed E-state index contributed by atoms with van der Waals surface area (Å²) in [4.78, 5) is 29.4. The molecule has 592 valence electrons. The minimum Gasteiger partial charge on any atom is -0.453 e. The lowest BCUT2D eigenvalue weighted by Crippen LogP contribution is -2.74. The second-order valence-corrected chi connectivity index (χ2v) is 36.5. The lowest BCUT2D eigenvalue weighted by atomic mass is 10.0. The topological polar surface area (TPSA) is 120 Å². The summed E-state index contributed by atoms with van der Waals surface area (Å²) in [6.45, 7) is 0. The smallest absolute Gasteiger partial charge is 0.179 e. The van der Waals surface area contributed by atoms with E-state index in [1.807, 2.05) is 109 Å². The van der Waals surface area contributed by atoms with Crippen LogP contribution in [-0.4, -0.2) is 51.7 Å². The van der Waals surface area contributed by atoms with Gasteiger partial charge in [0.15, 0.2) is 42.6 Å². The largest absolute Gasteiger partial charge is 0.453 e. The third-order valence-corrected chi connectivity index (χ3v) is 30.1. The standard InChI is InChI=1S/C43H30N2OSi.C37H22N4O.C32H19N3OS/c1-5-14-32(15-6-1)43-44-38-22-13-23-40-42(38)45(43)39-29-26-33(30-41(39)46-40)31-24-27-37(28-25-31)47(34-16-7-2-8-17-34,35-18-9-3-10-19-35)36-20-11-4-12-21-36;1-2-6-27(7-3-1)37-40-30-9-4-10-32-36(30)41(37)31-20-18-28(22-33(31)42-32)23-11-13-24(14-12-23)29-19-17-26-16-15-25-8-5-21-38-34(25)35(26)39-29;1-2-7-21(8-3-1)31-33-25-10-6-11-27-30(25)35(31)26-18-17-23(19-28(26)36-27)20-13-15-22(16-14-20)32-34-24-9-4-5-12-29(24)37-32/h1-30H;1-22H;1-19H. The molecule has 0 fully saturated rings. The number of hydrogen-bond acceptors (Lipinski definition) is 10. The van der Waals surface area contributed by atoms with Gasteiger partial charge in [-0.15, -0.1) is 11.3 Å². The van der Waals surface area contributed by atoms with Crippen LogP contribution in [0.4, 0.5) is 0 Å². The van der Waals surface area contributed by atoms with E-state index in [4.69, 9.17) is 39.1 Å². The van der Waals surface area contributed by atoms with Gasteiger partial charge in [0.25, 0.3) is 0 Å². The van der Waals surface area contributed by atoms with Crippen molar-refractivity contribution in [3.8, 4) is 141 Å². The summed E-state index contributed by atoms with van der Waals surface area (Å²) in [5, 5.41) is 8.67. The fourth-order valence-corrected chi connectivity index (χ4v) is 24.0. The van der Waals surface area contributed by atoms with Crippen molar-refractivity contribution in [2.24, 2.45) is 0 Å². The molecule has 3 aliphatic heterocycles. The number of thiazole rings is 1. The molecule has 12 nitrogen and oxygen atoms in total. The fourth-order valence-electron chi connectivity index (χ4n) is 18.3. The molecule has 0 saturated heterocycles. The van der Waals surface area contributed by atoms with E-state index in [1.165, 1.54) is 25.4 Å². The highest BCUT2D eigenvalue weighted by atomic mass is 32.1. The monoisotopic (exact) mass is 1650 g/mol. The molecule has 0 amide bonds. The fraction of sp³-hybridized carbons (Fsp3) is 0. The van der Waals surface area contributed by atoms with Gasteiger partial charge in [-0.3, -0.25) is 18.7 Å². The Morgan fingerprint density at radius 1 is 0.230 bits per heavy atom. The van der Waals surface area contributed by atoms with Crippen molar-refractivity contribution < 1.29 is 14.2 Å². The zero-order valence-corrected chi connectivity index (χ0v) is 69.5. The molecular weight excluding hydrogens is 1580 g/mol. The second-order valence-electron chi connectivity index (χ2n) is 31.6. The van der Waals surface area contributed by atoms with Crippen molar-refractivity contribution in [3.05, 3.63) is 431 Å². The first kappa shape index (κ1) is 73.4. The normalized spacial score (nSPS) is 12.0. The molecule has 0 saturated carbocycles. The van der Waals surface area contributed by atoms with Gasteiger partial charge < -0.3 is 14.2 Å². The van der Waals surface area contributed by atoms with Gasteiger partial charge in [-0.2, -0.15) is 0 Å². The van der Waals surface area contributed by atoms with Crippen LogP contribution in [0.3, 0.4) is 0 Å².